The topological polar surface area (TPSA) is 20.2 Å². The molecule has 3 aromatic carbocycles. The molecule has 0 heterocycles. The van der Waals surface area contributed by atoms with E-state index in [1.807, 2.05) is 12.1 Å². The van der Waals surface area contributed by atoms with Gasteiger partial charge in [0.05, 0.1) is 0 Å². The third kappa shape index (κ3) is 5.04. The van der Waals surface area contributed by atoms with Crippen LogP contribution in [0.4, 0.5) is 0 Å². The summed E-state index contributed by atoms with van der Waals surface area (Å²) in [5, 5.41) is 9.40. The normalized spacial score (nSPS) is 11.5. The Morgan fingerprint density at radius 1 is 0.808 bits per heavy atom. The van der Waals surface area contributed by atoms with Gasteiger partial charge in [0.2, 0.25) is 0 Å². The van der Waals surface area contributed by atoms with E-state index < -0.39 is 0 Å². The van der Waals surface area contributed by atoms with Gasteiger partial charge in [-0.25, -0.2) is 0 Å². The van der Waals surface area contributed by atoms with E-state index in [0.29, 0.717) is 5.75 Å². The first-order valence-electron chi connectivity index (χ1n) is 8.64. The van der Waals surface area contributed by atoms with Crippen LogP contribution in [-0.2, 0) is 5.41 Å². The van der Waals surface area contributed by atoms with E-state index in [1.165, 1.54) is 23.2 Å². The molecule has 3 aromatic rings. The van der Waals surface area contributed by atoms with Crippen LogP contribution < -0.4 is 21.2 Å². The molecular formula is C23H24IOS+. The van der Waals surface area contributed by atoms with Crippen molar-refractivity contribution < 1.29 is 26.3 Å². The lowest BCUT2D eigenvalue weighted by atomic mass is 9.87. The second-order valence-electron chi connectivity index (χ2n) is 7.36. The molecule has 0 radical (unpaired) electrons. The molecule has 0 aliphatic rings. The quantitative estimate of drug-likeness (QED) is 0.585. The van der Waals surface area contributed by atoms with Crippen LogP contribution in [-0.4, -0.2) is 5.11 Å². The van der Waals surface area contributed by atoms with Gasteiger partial charge in [0.1, 0.15) is 5.75 Å². The zero-order valence-corrected chi connectivity index (χ0v) is 18.6. The molecule has 26 heavy (non-hydrogen) atoms. The van der Waals surface area contributed by atoms with E-state index in [-0.39, 0.29) is 26.6 Å². The van der Waals surface area contributed by atoms with Gasteiger partial charge in [-0.05, 0) is 72.5 Å². The van der Waals surface area contributed by atoms with Crippen LogP contribution in [0.15, 0.2) is 76.5 Å². The van der Waals surface area contributed by atoms with Gasteiger partial charge in [0.25, 0.3) is 0 Å². The smallest absolute Gasteiger partial charge is 0.358 e. The molecule has 3 heteroatoms. The fourth-order valence-electron chi connectivity index (χ4n) is 2.57. The Morgan fingerprint density at radius 3 is 2.00 bits per heavy atom. The minimum absolute atomic E-state index is 0.163. The highest BCUT2D eigenvalue weighted by Crippen LogP contribution is 2.29. The van der Waals surface area contributed by atoms with Crippen molar-refractivity contribution in [2.45, 2.75) is 42.9 Å². The van der Waals surface area contributed by atoms with Crippen molar-refractivity contribution in [3.05, 3.63) is 85.0 Å². The number of halogens is 1. The first kappa shape index (κ1) is 19.3. The summed E-state index contributed by atoms with van der Waals surface area (Å²) < 4.78 is 2.93. The predicted molar refractivity (Wildman–Crippen MR) is 106 cm³/mol. The average Bonchev–Trinajstić information content (AvgIpc) is 2.59. The molecule has 0 saturated carbocycles. The fourth-order valence-corrected chi connectivity index (χ4v) is 5.81. The second kappa shape index (κ2) is 8.05. The molecule has 1 N–H and O–H groups in total. The van der Waals surface area contributed by atoms with Crippen LogP contribution in [0, 0.1) is 14.1 Å². The number of benzene rings is 3. The van der Waals surface area contributed by atoms with Gasteiger partial charge in [-0.3, -0.25) is 0 Å². The van der Waals surface area contributed by atoms with Crippen LogP contribution in [0.2, 0.25) is 0 Å². The molecule has 134 valence electrons. The van der Waals surface area contributed by atoms with Crippen LogP contribution in [0.1, 0.15) is 31.9 Å². The lowest BCUT2D eigenvalue weighted by Crippen LogP contribution is -3.61. The molecule has 0 saturated heterocycles. The highest BCUT2D eigenvalue weighted by atomic mass is 127. The first-order chi connectivity index (χ1) is 12.3. The van der Waals surface area contributed by atoms with Crippen molar-refractivity contribution >= 4 is 11.8 Å². The van der Waals surface area contributed by atoms with Gasteiger partial charge in [0, 0.05) is 15.4 Å². The third-order valence-corrected chi connectivity index (χ3v) is 8.25. The number of phenols is 1. The van der Waals surface area contributed by atoms with Gasteiger partial charge in [-0.1, -0.05) is 44.7 Å². The summed E-state index contributed by atoms with van der Waals surface area (Å²) in [6.07, 6.45) is 0. The predicted octanol–water partition coefficient (Wildman–Crippen LogP) is 3.28. The van der Waals surface area contributed by atoms with Crippen molar-refractivity contribution in [1.82, 2.24) is 0 Å². The maximum absolute atomic E-state index is 9.40. The molecular weight excluding hydrogens is 451 g/mol. The Bertz CT molecular complexity index is 878. The maximum Gasteiger partial charge on any atom is 0.358 e. The molecule has 0 amide bonds. The molecule has 0 fully saturated rings. The Kier molecular flexibility index (Phi) is 5.98. The number of aromatic hydroxyl groups is 1. The molecule has 0 aliphatic heterocycles. The summed E-state index contributed by atoms with van der Waals surface area (Å²) in [5.74, 6) is 0.308. The van der Waals surface area contributed by atoms with Gasteiger partial charge in [0.15, 0.2) is 7.14 Å². The Balaban J connectivity index is 1.72. The van der Waals surface area contributed by atoms with Crippen molar-refractivity contribution in [1.29, 1.82) is 0 Å². The molecule has 0 bridgehead atoms. The van der Waals surface area contributed by atoms with Gasteiger partial charge in [-0.2, -0.15) is 0 Å². The first-order valence-corrected chi connectivity index (χ1v) is 11.6. The average molecular weight is 475 g/mol. The number of hydrogen-bond acceptors (Lipinski definition) is 2. The summed E-state index contributed by atoms with van der Waals surface area (Å²) >= 11 is 1.57. The number of rotatable bonds is 4. The van der Waals surface area contributed by atoms with Crippen molar-refractivity contribution in [3.8, 4) is 5.75 Å². The third-order valence-electron chi connectivity index (χ3n) is 4.12. The van der Waals surface area contributed by atoms with E-state index >= 15 is 0 Å². The largest absolute Gasteiger partial charge is 0.508 e. The zero-order valence-electron chi connectivity index (χ0n) is 15.6. The summed E-state index contributed by atoms with van der Waals surface area (Å²) in [4.78, 5) is 2.38. The Morgan fingerprint density at radius 2 is 1.42 bits per heavy atom. The molecule has 0 aliphatic carbocycles. The van der Waals surface area contributed by atoms with Crippen molar-refractivity contribution in [2.75, 3.05) is 0 Å². The number of aryl methyl sites for hydroxylation is 1. The highest BCUT2D eigenvalue weighted by Gasteiger charge is 2.20. The molecule has 0 atom stereocenters. The molecule has 0 spiro atoms. The summed E-state index contributed by atoms with van der Waals surface area (Å²) in [6, 6.07) is 23.3. The van der Waals surface area contributed by atoms with Gasteiger partial charge >= 0.3 is 21.2 Å². The van der Waals surface area contributed by atoms with Crippen LogP contribution in [0.3, 0.4) is 0 Å². The molecule has 0 unspecified atom stereocenters. The molecule has 0 aromatic heterocycles. The second-order valence-corrected chi connectivity index (χ2v) is 11.5. The highest BCUT2D eigenvalue weighted by molar-refractivity contribution is 7.99. The SMILES string of the molecule is Cc1cc(Sc2ccc(O)cc2)ccc1[I+]c1ccc(C(C)(C)C)cc1. The molecule has 1 nitrogen and oxygen atoms in total. The van der Waals surface area contributed by atoms with Gasteiger partial charge < -0.3 is 5.11 Å². The van der Waals surface area contributed by atoms with E-state index in [2.05, 4.69) is 70.2 Å². The monoisotopic (exact) mass is 475 g/mol. The molecule has 3 rings (SSSR count). The summed E-state index contributed by atoms with van der Waals surface area (Å²) in [5.41, 5.74) is 2.96. The van der Waals surface area contributed by atoms with Gasteiger partial charge in [-0.15, -0.1) is 0 Å². The lowest BCUT2D eigenvalue weighted by Gasteiger charge is -2.18. The fraction of sp³-hybridized carbons (Fsp3) is 0.217. The standard InChI is InChI=1S/C23H23IOS/c1-16-15-21(26-20-11-9-19(25)10-12-20)13-14-22(16)24-18-7-5-17(6-8-18)23(2,3)4/h5-15H,1-4H3/p+1. The Labute approximate surface area is 171 Å². The number of phenolic OH excluding ortho intramolecular Hbond substituents is 1. The van der Waals surface area contributed by atoms with Crippen LogP contribution in [0.25, 0.3) is 0 Å². The van der Waals surface area contributed by atoms with Crippen molar-refractivity contribution in [3.63, 3.8) is 0 Å². The van der Waals surface area contributed by atoms with E-state index in [4.69, 9.17) is 0 Å². The summed E-state index contributed by atoms with van der Waals surface area (Å²) in [6.45, 7) is 8.97. The van der Waals surface area contributed by atoms with Crippen molar-refractivity contribution in [2.24, 2.45) is 0 Å². The number of hydrogen-bond donors (Lipinski definition) is 1. The van der Waals surface area contributed by atoms with E-state index in [9.17, 15) is 5.11 Å². The Hall–Kier alpha value is -1.46. The summed E-state index contributed by atoms with van der Waals surface area (Å²) in [7, 11) is 0. The van der Waals surface area contributed by atoms with Crippen LogP contribution in [0.5, 0.6) is 5.75 Å². The van der Waals surface area contributed by atoms with E-state index in [1.54, 1.807) is 23.9 Å². The lowest BCUT2D eigenvalue weighted by molar-refractivity contribution is -0.598. The zero-order chi connectivity index (χ0) is 18.7. The van der Waals surface area contributed by atoms with E-state index in [0.717, 1.165) is 4.90 Å². The minimum Gasteiger partial charge on any atom is -0.508 e. The van der Waals surface area contributed by atoms with Crippen LogP contribution >= 0.6 is 11.8 Å². The minimum atomic E-state index is -0.163. The maximum atomic E-state index is 9.40.